The summed E-state index contributed by atoms with van der Waals surface area (Å²) in [7, 11) is 0. The minimum Gasteiger partial charge on any atom is -0.423 e. The largest absolute Gasteiger partial charge is 0.423 e. The number of nitrogens with zero attached hydrogens (tertiary/aromatic N) is 1. The summed E-state index contributed by atoms with van der Waals surface area (Å²) in [6.45, 7) is 3.33. The van der Waals surface area contributed by atoms with Gasteiger partial charge in [0.2, 0.25) is 5.91 Å². The van der Waals surface area contributed by atoms with Crippen molar-refractivity contribution >= 4 is 18.1 Å². The van der Waals surface area contributed by atoms with Gasteiger partial charge in [-0.2, -0.15) is 5.10 Å². The van der Waals surface area contributed by atoms with Crippen LogP contribution in [0.15, 0.2) is 53.6 Å². The van der Waals surface area contributed by atoms with E-state index in [-0.39, 0.29) is 5.91 Å². The maximum Gasteiger partial charge on any atom is 0.343 e. The predicted octanol–water partition coefficient (Wildman–Crippen LogP) is 2.68. The molecule has 5 heteroatoms. The van der Waals surface area contributed by atoms with E-state index < -0.39 is 5.97 Å². The van der Waals surface area contributed by atoms with E-state index in [1.54, 1.807) is 36.4 Å². The summed E-state index contributed by atoms with van der Waals surface area (Å²) < 4.78 is 5.28. The van der Waals surface area contributed by atoms with Crippen molar-refractivity contribution in [2.24, 2.45) is 5.10 Å². The highest BCUT2D eigenvalue weighted by molar-refractivity contribution is 5.91. The van der Waals surface area contributed by atoms with E-state index in [4.69, 9.17) is 4.74 Å². The van der Waals surface area contributed by atoms with Gasteiger partial charge in [-0.25, -0.2) is 10.2 Å². The highest BCUT2D eigenvalue weighted by Gasteiger charge is 2.07. The Balaban J connectivity index is 1.98. The highest BCUT2D eigenvalue weighted by atomic mass is 16.5. The molecular weight excluding hydrogens is 280 g/mol. The van der Waals surface area contributed by atoms with E-state index in [1.807, 2.05) is 19.1 Å². The number of ether oxygens (including phenoxy) is 1. The molecule has 0 radical (unpaired) electrons. The van der Waals surface area contributed by atoms with E-state index in [0.717, 1.165) is 11.1 Å². The number of carbonyl (C=O) groups excluding carboxylic acids is 2. The van der Waals surface area contributed by atoms with Gasteiger partial charge in [0.15, 0.2) is 0 Å². The Hall–Kier alpha value is -2.95. The van der Waals surface area contributed by atoms with Gasteiger partial charge in [-0.15, -0.1) is 0 Å². The third kappa shape index (κ3) is 4.56. The summed E-state index contributed by atoms with van der Waals surface area (Å²) in [5.41, 5.74) is 4.68. The van der Waals surface area contributed by atoms with Crippen molar-refractivity contribution in [1.82, 2.24) is 5.43 Å². The molecule has 0 unspecified atom stereocenters. The summed E-state index contributed by atoms with van der Waals surface area (Å²) >= 11 is 0. The fourth-order valence-corrected chi connectivity index (χ4v) is 1.68. The zero-order valence-electron chi connectivity index (χ0n) is 12.4. The zero-order chi connectivity index (χ0) is 15.9. The van der Waals surface area contributed by atoms with Gasteiger partial charge in [-0.3, -0.25) is 4.79 Å². The topological polar surface area (TPSA) is 67.8 Å². The van der Waals surface area contributed by atoms with Gasteiger partial charge in [0.05, 0.1) is 11.8 Å². The summed E-state index contributed by atoms with van der Waals surface area (Å²) in [5, 5.41) is 3.76. The number of carbonyl (C=O) groups is 2. The quantitative estimate of drug-likeness (QED) is 0.408. The number of esters is 1. The van der Waals surface area contributed by atoms with Gasteiger partial charge in [0.1, 0.15) is 5.75 Å². The molecule has 0 spiro atoms. The summed E-state index contributed by atoms with van der Waals surface area (Å²) in [5.74, 6) is -0.193. The van der Waals surface area contributed by atoms with Crippen molar-refractivity contribution in [3.05, 3.63) is 65.2 Å². The van der Waals surface area contributed by atoms with Crippen LogP contribution in [0, 0.1) is 6.92 Å². The average molecular weight is 296 g/mol. The number of nitrogens with one attached hydrogen (secondary N) is 1. The lowest BCUT2D eigenvalue weighted by atomic mass is 10.1. The molecule has 0 saturated carbocycles. The molecule has 0 saturated heterocycles. The number of hydrogen-bond donors (Lipinski definition) is 1. The Morgan fingerprint density at radius 3 is 2.27 bits per heavy atom. The lowest BCUT2D eigenvalue weighted by Crippen LogP contribution is -2.12. The molecule has 0 aromatic heterocycles. The van der Waals surface area contributed by atoms with Gasteiger partial charge in [0, 0.05) is 6.92 Å². The molecule has 0 aliphatic rings. The Morgan fingerprint density at radius 1 is 1.05 bits per heavy atom. The summed E-state index contributed by atoms with van der Waals surface area (Å²) in [4.78, 5) is 22.6. The van der Waals surface area contributed by atoms with E-state index in [1.165, 1.54) is 13.1 Å². The number of benzene rings is 2. The van der Waals surface area contributed by atoms with Crippen molar-refractivity contribution in [2.45, 2.75) is 13.8 Å². The van der Waals surface area contributed by atoms with Gasteiger partial charge < -0.3 is 4.74 Å². The maximum absolute atomic E-state index is 12.0. The van der Waals surface area contributed by atoms with Crippen LogP contribution in [0.1, 0.15) is 28.4 Å². The number of rotatable bonds is 4. The molecule has 5 nitrogen and oxygen atoms in total. The zero-order valence-corrected chi connectivity index (χ0v) is 12.4. The maximum atomic E-state index is 12.0. The minimum atomic E-state index is -0.403. The van der Waals surface area contributed by atoms with E-state index in [0.29, 0.717) is 11.3 Å². The van der Waals surface area contributed by atoms with Crippen LogP contribution in [-0.4, -0.2) is 18.1 Å². The van der Waals surface area contributed by atoms with Crippen LogP contribution in [0.5, 0.6) is 5.75 Å². The van der Waals surface area contributed by atoms with Crippen molar-refractivity contribution in [3.8, 4) is 5.75 Å². The molecule has 2 rings (SSSR count). The molecule has 0 fully saturated rings. The first kappa shape index (κ1) is 15.4. The molecular formula is C17H16N2O3. The van der Waals surface area contributed by atoms with Crippen LogP contribution >= 0.6 is 0 Å². The van der Waals surface area contributed by atoms with Crippen LogP contribution in [0.3, 0.4) is 0 Å². The molecule has 0 bridgehead atoms. The Kier molecular flexibility index (Phi) is 5.03. The molecule has 2 aromatic rings. The van der Waals surface area contributed by atoms with E-state index in [2.05, 4.69) is 10.5 Å². The van der Waals surface area contributed by atoms with Crippen LogP contribution in [0.2, 0.25) is 0 Å². The molecule has 0 atom stereocenters. The minimum absolute atomic E-state index is 0.236. The smallest absolute Gasteiger partial charge is 0.343 e. The fraction of sp³-hybridized carbons (Fsp3) is 0.118. The van der Waals surface area contributed by atoms with Gasteiger partial charge in [-0.05, 0) is 48.9 Å². The van der Waals surface area contributed by atoms with Gasteiger partial charge in [-0.1, -0.05) is 17.7 Å². The third-order valence-corrected chi connectivity index (χ3v) is 2.81. The SMILES string of the molecule is CC(=O)N/N=C/c1ccc(OC(=O)c2ccc(C)cc2)cc1. The Morgan fingerprint density at radius 2 is 1.68 bits per heavy atom. The van der Waals surface area contributed by atoms with Gasteiger partial charge in [0.25, 0.3) is 0 Å². The molecule has 0 aliphatic carbocycles. The van der Waals surface area contributed by atoms with E-state index in [9.17, 15) is 9.59 Å². The molecule has 22 heavy (non-hydrogen) atoms. The van der Waals surface area contributed by atoms with Crippen molar-refractivity contribution in [3.63, 3.8) is 0 Å². The van der Waals surface area contributed by atoms with Gasteiger partial charge >= 0.3 is 5.97 Å². The predicted molar refractivity (Wildman–Crippen MR) is 84.0 cm³/mol. The number of hydrogen-bond acceptors (Lipinski definition) is 4. The van der Waals surface area contributed by atoms with Crippen LogP contribution in [-0.2, 0) is 4.79 Å². The summed E-state index contributed by atoms with van der Waals surface area (Å²) in [6.07, 6.45) is 1.51. The molecule has 2 aromatic carbocycles. The Bertz CT molecular complexity index is 689. The number of aryl methyl sites for hydroxylation is 1. The van der Waals surface area contributed by atoms with Crippen molar-refractivity contribution in [1.29, 1.82) is 0 Å². The first-order valence-corrected chi connectivity index (χ1v) is 6.73. The monoisotopic (exact) mass is 296 g/mol. The second-order valence-electron chi connectivity index (χ2n) is 4.75. The number of amides is 1. The number of hydrazone groups is 1. The summed E-state index contributed by atoms with van der Waals surface area (Å²) in [6, 6.07) is 14.0. The molecule has 0 heterocycles. The van der Waals surface area contributed by atoms with Crippen LogP contribution < -0.4 is 10.2 Å². The van der Waals surface area contributed by atoms with Crippen molar-refractivity contribution < 1.29 is 14.3 Å². The lowest BCUT2D eigenvalue weighted by Gasteiger charge is -2.05. The second kappa shape index (κ2) is 7.17. The first-order valence-electron chi connectivity index (χ1n) is 6.73. The van der Waals surface area contributed by atoms with Crippen molar-refractivity contribution in [2.75, 3.05) is 0 Å². The fourth-order valence-electron chi connectivity index (χ4n) is 1.68. The molecule has 112 valence electrons. The normalized spacial score (nSPS) is 10.5. The molecule has 1 N–H and O–H groups in total. The van der Waals surface area contributed by atoms with Crippen LogP contribution in [0.4, 0.5) is 0 Å². The highest BCUT2D eigenvalue weighted by Crippen LogP contribution is 2.14. The Labute approximate surface area is 128 Å². The molecule has 0 aliphatic heterocycles. The third-order valence-electron chi connectivity index (χ3n) is 2.81. The first-order chi connectivity index (χ1) is 10.5. The standard InChI is InChI=1S/C17H16N2O3/c1-12-3-7-15(8-4-12)17(21)22-16-9-5-14(6-10-16)11-18-19-13(2)20/h3-11H,1-2H3,(H,19,20)/b18-11+. The van der Waals surface area contributed by atoms with E-state index >= 15 is 0 Å². The second-order valence-corrected chi connectivity index (χ2v) is 4.75. The lowest BCUT2D eigenvalue weighted by molar-refractivity contribution is -0.118. The van der Waals surface area contributed by atoms with Crippen LogP contribution in [0.25, 0.3) is 0 Å². The molecule has 1 amide bonds. The average Bonchev–Trinajstić information content (AvgIpc) is 2.49.